The van der Waals surface area contributed by atoms with Gasteiger partial charge in [0.15, 0.2) is 0 Å². The van der Waals surface area contributed by atoms with Crippen LogP contribution >= 0.6 is 0 Å². The first-order chi connectivity index (χ1) is 11.8. The summed E-state index contributed by atoms with van der Waals surface area (Å²) in [4.78, 5) is 36.9. The van der Waals surface area contributed by atoms with Gasteiger partial charge in [0.1, 0.15) is 11.2 Å². The van der Waals surface area contributed by atoms with Gasteiger partial charge in [-0.15, -0.1) is 0 Å². The fraction of sp³-hybridized carbons (Fsp3) is 0.833. The molecule has 0 aromatic heterocycles. The van der Waals surface area contributed by atoms with Crippen molar-refractivity contribution in [3.8, 4) is 0 Å². The molecule has 8 heteroatoms. The monoisotopic (exact) mass is 372 g/mol. The van der Waals surface area contributed by atoms with E-state index in [0.29, 0.717) is 19.5 Å². The zero-order valence-electron chi connectivity index (χ0n) is 16.6. The number of aliphatic carboxylic acids is 1. The molecule has 1 rings (SSSR count). The minimum atomic E-state index is -0.886. The Balaban J connectivity index is 2.71. The molecule has 1 heterocycles. The van der Waals surface area contributed by atoms with Crippen LogP contribution in [0.15, 0.2) is 0 Å². The van der Waals surface area contributed by atoms with Crippen LogP contribution in [0, 0.1) is 11.8 Å². The molecule has 1 saturated heterocycles. The highest BCUT2D eigenvalue weighted by atomic mass is 16.6. The Hall–Kier alpha value is -1.99. The van der Waals surface area contributed by atoms with Crippen LogP contribution in [-0.4, -0.2) is 59.0 Å². The molecule has 1 aliphatic rings. The van der Waals surface area contributed by atoms with Crippen LogP contribution in [0.25, 0.3) is 0 Å². The quantitative estimate of drug-likeness (QED) is 0.786. The summed E-state index contributed by atoms with van der Waals surface area (Å²) in [6, 6.07) is 0. The largest absolute Gasteiger partial charge is 0.481 e. The molecular weight excluding hydrogens is 340 g/mol. The average Bonchev–Trinajstić information content (AvgIpc) is 2.41. The van der Waals surface area contributed by atoms with E-state index in [1.54, 1.807) is 46.4 Å². The second kappa shape index (κ2) is 8.60. The SMILES string of the molecule is CC(C)(C)OC(=O)NCC1CN(C(=O)OC(C)(C)C)CCC1CC(=O)O. The van der Waals surface area contributed by atoms with Gasteiger partial charge in [-0.1, -0.05) is 0 Å². The lowest BCUT2D eigenvalue weighted by atomic mass is 9.83. The number of hydrogen-bond donors (Lipinski definition) is 2. The molecule has 0 aliphatic carbocycles. The van der Waals surface area contributed by atoms with Crippen LogP contribution < -0.4 is 5.32 Å². The summed E-state index contributed by atoms with van der Waals surface area (Å²) in [5.74, 6) is -1.19. The molecule has 0 aromatic rings. The third-order valence-electron chi connectivity index (χ3n) is 3.89. The smallest absolute Gasteiger partial charge is 0.410 e. The predicted molar refractivity (Wildman–Crippen MR) is 95.9 cm³/mol. The van der Waals surface area contributed by atoms with Gasteiger partial charge in [-0.25, -0.2) is 9.59 Å². The number of carbonyl (C=O) groups is 3. The maximum atomic E-state index is 12.3. The predicted octanol–water partition coefficient (Wildman–Crippen LogP) is 2.86. The van der Waals surface area contributed by atoms with E-state index in [-0.39, 0.29) is 24.8 Å². The molecule has 0 spiro atoms. The highest BCUT2D eigenvalue weighted by Crippen LogP contribution is 2.27. The van der Waals surface area contributed by atoms with Crippen molar-refractivity contribution in [1.29, 1.82) is 0 Å². The van der Waals surface area contributed by atoms with Gasteiger partial charge in [-0.3, -0.25) is 4.79 Å². The maximum Gasteiger partial charge on any atom is 0.410 e. The summed E-state index contributed by atoms with van der Waals surface area (Å²) < 4.78 is 10.6. The molecule has 2 N–H and O–H groups in total. The zero-order valence-corrected chi connectivity index (χ0v) is 16.6. The van der Waals surface area contributed by atoms with Crippen LogP contribution in [0.3, 0.4) is 0 Å². The molecule has 0 aromatic carbocycles. The van der Waals surface area contributed by atoms with Gasteiger partial charge in [0.2, 0.25) is 0 Å². The number of hydrogen-bond acceptors (Lipinski definition) is 5. The summed E-state index contributed by atoms with van der Waals surface area (Å²) in [7, 11) is 0. The van der Waals surface area contributed by atoms with Crippen LogP contribution in [0.2, 0.25) is 0 Å². The van der Waals surface area contributed by atoms with Gasteiger partial charge >= 0.3 is 18.2 Å². The van der Waals surface area contributed by atoms with E-state index < -0.39 is 29.4 Å². The Morgan fingerprint density at radius 2 is 1.62 bits per heavy atom. The lowest BCUT2D eigenvalue weighted by molar-refractivity contribution is -0.139. The minimum absolute atomic E-state index is 0.00280. The standard InChI is InChI=1S/C18H32N2O6/c1-17(2,3)25-15(23)19-10-13-11-20(16(24)26-18(4,5)6)8-7-12(13)9-14(21)22/h12-13H,7-11H2,1-6H3,(H,19,23)(H,21,22). The van der Waals surface area contributed by atoms with E-state index in [0.717, 1.165) is 0 Å². The Kier molecular flexibility index (Phi) is 7.29. The summed E-state index contributed by atoms with van der Waals surface area (Å²) in [6.45, 7) is 11.7. The number of ether oxygens (including phenoxy) is 2. The molecule has 2 unspecified atom stereocenters. The van der Waals surface area contributed by atoms with E-state index in [2.05, 4.69) is 5.32 Å². The number of piperidine rings is 1. The first-order valence-corrected chi connectivity index (χ1v) is 8.93. The topological polar surface area (TPSA) is 105 Å². The summed E-state index contributed by atoms with van der Waals surface area (Å²) in [6.07, 6.45) is -0.427. The molecule has 0 bridgehead atoms. The van der Waals surface area contributed by atoms with E-state index in [1.807, 2.05) is 0 Å². The van der Waals surface area contributed by atoms with Gasteiger partial charge in [0.25, 0.3) is 0 Å². The Morgan fingerprint density at radius 3 is 2.12 bits per heavy atom. The summed E-state index contributed by atoms with van der Waals surface area (Å²) in [5, 5.41) is 11.8. The first-order valence-electron chi connectivity index (χ1n) is 8.93. The van der Waals surface area contributed by atoms with Gasteiger partial charge in [0, 0.05) is 26.1 Å². The summed E-state index contributed by atoms with van der Waals surface area (Å²) in [5.41, 5.74) is -1.21. The fourth-order valence-corrected chi connectivity index (χ4v) is 2.83. The maximum absolute atomic E-state index is 12.3. The van der Waals surface area contributed by atoms with Crippen molar-refractivity contribution in [2.24, 2.45) is 11.8 Å². The molecule has 0 saturated carbocycles. The summed E-state index contributed by atoms with van der Waals surface area (Å²) >= 11 is 0. The van der Waals surface area contributed by atoms with E-state index in [4.69, 9.17) is 14.6 Å². The van der Waals surface area contributed by atoms with Crippen molar-refractivity contribution < 1.29 is 29.0 Å². The zero-order chi connectivity index (χ0) is 20.1. The number of nitrogens with zero attached hydrogens (tertiary/aromatic N) is 1. The van der Waals surface area contributed by atoms with Gasteiger partial charge in [-0.2, -0.15) is 0 Å². The van der Waals surface area contributed by atoms with Crippen molar-refractivity contribution in [3.63, 3.8) is 0 Å². The third kappa shape index (κ3) is 8.40. The van der Waals surface area contributed by atoms with E-state index >= 15 is 0 Å². The number of amides is 2. The van der Waals surface area contributed by atoms with Crippen molar-refractivity contribution in [2.45, 2.75) is 65.6 Å². The van der Waals surface area contributed by atoms with Crippen LogP contribution in [0.4, 0.5) is 9.59 Å². The highest BCUT2D eigenvalue weighted by Gasteiger charge is 2.35. The number of carbonyl (C=O) groups excluding carboxylic acids is 2. The normalized spacial score (nSPS) is 21.1. The number of likely N-dealkylation sites (tertiary alicyclic amines) is 1. The van der Waals surface area contributed by atoms with Crippen LogP contribution in [0.1, 0.15) is 54.4 Å². The molecule has 150 valence electrons. The number of nitrogens with one attached hydrogen (secondary N) is 1. The fourth-order valence-electron chi connectivity index (χ4n) is 2.83. The molecule has 26 heavy (non-hydrogen) atoms. The molecular formula is C18H32N2O6. The van der Waals surface area contributed by atoms with Gasteiger partial charge in [-0.05, 0) is 59.8 Å². The molecule has 1 aliphatic heterocycles. The average molecular weight is 372 g/mol. The van der Waals surface area contributed by atoms with Crippen molar-refractivity contribution in [2.75, 3.05) is 19.6 Å². The first kappa shape index (κ1) is 22.1. The third-order valence-corrected chi connectivity index (χ3v) is 3.89. The minimum Gasteiger partial charge on any atom is -0.481 e. The lowest BCUT2D eigenvalue weighted by Gasteiger charge is -2.38. The molecule has 1 fully saturated rings. The Labute approximate surface area is 155 Å². The van der Waals surface area contributed by atoms with Gasteiger partial charge in [0.05, 0.1) is 0 Å². The van der Waals surface area contributed by atoms with E-state index in [9.17, 15) is 14.4 Å². The van der Waals surface area contributed by atoms with Crippen LogP contribution in [-0.2, 0) is 14.3 Å². The Morgan fingerprint density at radius 1 is 1.04 bits per heavy atom. The van der Waals surface area contributed by atoms with Crippen LogP contribution in [0.5, 0.6) is 0 Å². The van der Waals surface area contributed by atoms with Gasteiger partial charge < -0.3 is 24.8 Å². The lowest BCUT2D eigenvalue weighted by Crippen LogP contribution is -2.49. The second-order valence-electron chi connectivity index (χ2n) is 8.72. The second-order valence-corrected chi connectivity index (χ2v) is 8.72. The number of rotatable bonds is 4. The van der Waals surface area contributed by atoms with Crippen molar-refractivity contribution in [1.82, 2.24) is 10.2 Å². The molecule has 2 amide bonds. The molecule has 8 nitrogen and oxygen atoms in total. The highest BCUT2D eigenvalue weighted by molar-refractivity contribution is 5.69. The van der Waals surface area contributed by atoms with E-state index in [1.165, 1.54) is 0 Å². The number of carboxylic acids is 1. The Bertz CT molecular complexity index is 521. The number of alkyl carbamates (subject to hydrolysis) is 1. The number of carboxylic acid groups (broad SMARTS) is 1. The van der Waals surface area contributed by atoms with Crippen molar-refractivity contribution >= 4 is 18.2 Å². The van der Waals surface area contributed by atoms with Crippen molar-refractivity contribution in [3.05, 3.63) is 0 Å². The molecule has 0 radical (unpaired) electrons. The molecule has 2 atom stereocenters.